The largest absolute Gasteiger partial charge is 0.464 e. The van der Waals surface area contributed by atoms with Crippen LogP contribution < -0.4 is 4.90 Å². The molecule has 4 heteroatoms. The van der Waals surface area contributed by atoms with E-state index >= 15 is 0 Å². The van der Waals surface area contributed by atoms with Crippen LogP contribution in [0.4, 0.5) is 5.69 Å². The summed E-state index contributed by atoms with van der Waals surface area (Å²) in [4.78, 5) is 14.0. The SMILES string of the molecule is CCOC(=O)C(O)c1cc(C)ccc1N1CCCC1. The van der Waals surface area contributed by atoms with Gasteiger partial charge in [-0.05, 0) is 32.8 Å². The summed E-state index contributed by atoms with van der Waals surface area (Å²) in [7, 11) is 0. The molecule has 1 N–H and O–H groups in total. The van der Waals surface area contributed by atoms with Gasteiger partial charge in [-0.25, -0.2) is 4.79 Å². The van der Waals surface area contributed by atoms with Crippen molar-refractivity contribution >= 4 is 11.7 Å². The molecule has 2 rings (SSSR count). The lowest BCUT2D eigenvalue weighted by Crippen LogP contribution is -2.23. The number of aliphatic hydroxyl groups is 1. The summed E-state index contributed by atoms with van der Waals surface area (Å²) in [6.45, 7) is 5.93. The molecule has 0 aromatic heterocycles. The number of rotatable bonds is 4. The van der Waals surface area contributed by atoms with E-state index in [1.165, 1.54) is 0 Å². The van der Waals surface area contributed by atoms with E-state index in [1.807, 2.05) is 25.1 Å². The van der Waals surface area contributed by atoms with Crippen molar-refractivity contribution in [3.05, 3.63) is 29.3 Å². The highest BCUT2D eigenvalue weighted by atomic mass is 16.5. The van der Waals surface area contributed by atoms with Crippen LogP contribution in [0.1, 0.15) is 37.0 Å². The minimum Gasteiger partial charge on any atom is -0.464 e. The molecule has 0 aliphatic carbocycles. The van der Waals surface area contributed by atoms with Gasteiger partial charge in [0, 0.05) is 24.3 Å². The number of aryl methyl sites for hydroxylation is 1. The third-order valence-electron chi connectivity index (χ3n) is 3.43. The number of ether oxygens (including phenoxy) is 1. The van der Waals surface area contributed by atoms with E-state index < -0.39 is 12.1 Å². The number of nitrogens with zero attached hydrogens (tertiary/aromatic N) is 1. The maximum Gasteiger partial charge on any atom is 0.339 e. The van der Waals surface area contributed by atoms with Gasteiger partial charge in [-0.15, -0.1) is 0 Å². The molecular formula is C15H21NO3. The standard InChI is InChI=1S/C15H21NO3/c1-3-19-15(18)14(17)12-10-11(2)6-7-13(12)16-8-4-5-9-16/h6-7,10,14,17H,3-5,8-9H2,1-2H3. The molecule has 1 heterocycles. The molecule has 1 atom stereocenters. The Morgan fingerprint density at radius 2 is 2.11 bits per heavy atom. The van der Waals surface area contributed by atoms with E-state index in [2.05, 4.69) is 4.90 Å². The maximum absolute atomic E-state index is 11.7. The quantitative estimate of drug-likeness (QED) is 0.846. The molecule has 0 spiro atoms. The van der Waals surface area contributed by atoms with Gasteiger partial charge in [-0.2, -0.15) is 0 Å². The summed E-state index contributed by atoms with van der Waals surface area (Å²) < 4.78 is 4.91. The Balaban J connectivity index is 2.31. The molecule has 19 heavy (non-hydrogen) atoms. The van der Waals surface area contributed by atoms with Crippen LogP contribution in [0, 0.1) is 6.92 Å². The van der Waals surface area contributed by atoms with Crippen molar-refractivity contribution in [2.24, 2.45) is 0 Å². The van der Waals surface area contributed by atoms with Gasteiger partial charge in [0.15, 0.2) is 6.10 Å². The third-order valence-corrected chi connectivity index (χ3v) is 3.43. The number of hydrogen-bond acceptors (Lipinski definition) is 4. The first kappa shape index (κ1) is 13.9. The number of carbonyl (C=O) groups is 1. The Labute approximate surface area is 114 Å². The monoisotopic (exact) mass is 263 g/mol. The Hall–Kier alpha value is -1.55. The van der Waals surface area contributed by atoms with Crippen molar-refractivity contribution in [2.45, 2.75) is 32.8 Å². The summed E-state index contributed by atoms with van der Waals surface area (Å²) in [6, 6.07) is 5.86. The Kier molecular flexibility index (Phi) is 4.43. The normalized spacial score (nSPS) is 16.5. The lowest BCUT2D eigenvalue weighted by molar-refractivity contribution is -0.153. The predicted octanol–water partition coefficient (Wildman–Crippen LogP) is 2.19. The molecule has 104 valence electrons. The van der Waals surface area contributed by atoms with Gasteiger partial charge < -0.3 is 14.7 Å². The molecule has 0 radical (unpaired) electrons. The van der Waals surface area contributed by atoms with Gasteiger partial charge in [0.1, 0.15) is 0 Å². The van der Waals surface area contributed by atoms with Crippen molar-refractivity contribution in [2.75, 3.05) is 24.6 Å². The number of carbonyl (C=O) groups excluding carboxylic acids is 1. The molecular weight excluding hydrogens is 242 g/mol. The Bertz CT molecular complexity index is 453. The van der Waals surface area contributed by atoms with E-state index in [0.717, 1.165) is 37.2 Å². The fraction of sp³-hybridized carbons (Fsp3) is 0.533. The smallest absolute Gasteiger partial charge is 0.339 e. The highest BCUT2D eigenvalue weighted by molar-refractivity contribution is 5.79. The van der Waals surface area contributed by atoms with E-state index in [0.29, 0.717) is 5.56 Å². The zero-order valence-corrected chi connectivity index (χ0v) is 11.6. The van der Waals surface area contributed by atoms with Crippen molar-refractivity contribution in [1.82, 2.24) is 0 Å². The second-order valence-corrected chi connectivity index (χ2v) is 4.91. The second kappa shape index (κ2) is 6.06. The van der Waals surface area contributed by atoms with Crippen LogP contribution in [-0.4, -0.2) is 30.8 Å². The van der Waals surface area contributed by atoms with Gasteiger partial charge in [0.05, 0.1) is 6.61 Å². The summed E-state index contributed by atoms with van der Waals surface area (Å²) in [5.41, 5.74) is 2.63. The average Bonchev–Trinajstić information content (AvgIpc) is 2.92. The molecule has 4 nitrogen and oxygen atoms in total. The zero-order valence-electron chi connectivity index (χ0n) is 11.6. The van der Waals surface area contributed by atoms with Gasteiger partial charge in [-0.3, -0.25) is 0 Å². The fourth-order valence-electron chi connectivity index (χ4n) is 2.49. The maximum atomic E-state index is 11.7. The summed E-state index contributed by atoms with van der Waals surface area (Å²) in [5, 5.41) is 10.2. The lowest BCUT2D eigenvalue weighted by atomic mass is 10.0. The molecule has 1 aliphatic heterocycles. The van der Waals surface area contributed by atoms with E-state index in [-0.39, 0.29) is 6.61 Å². The number of hydrogen-bond donors (Lipinski definition) is 1. The minimum absolute atomic E-state index is 0.279. The molecule has 1 aliphatic rings. The molecule has 0 saturated carbocycles. The van der Waals surface area contributed by atoms with Crippen molar-refractivity contribution in [3.8, 4) is 0 Å². The predicted molar refractivity (Wildman–Crippen MR) is 74.2 cm³/mol. The molecule has 0 bridgehead atoms. The zero-order chi connectivity index (χ0) is 13.8. The third kappa shape index (κ3) is 3.07. The highest BCUT2D eigenvalue weighted by Gasteiger charge is 2.25. The second-order valence-electron chi connectivity index (χ2n) is 4.91. The van der Waals surface area contributed by atoms with Crippen LogP contribution in [0.15, 0.2) is 18.2 Å². The van der Waals surface area contributed by atoms with Crippen LogP contribution in [0.3, 0.4) is 0 Å². The fourth-order valence-corrected chi connectivity index (χ4v) is 2.49. The van der Waals surface area contributed by atoms with Crippen molar-refractivity contribution in [3.63, 3.8) is 0 Å². The number of anilines is 1. The molecule has 1 fully saturated rings. The molecule has 1 saturated heterocycles. The summed E-state index contributed by atoms with van der Waals surface area (Å²) >= 11 is 0. The number of benzene rings is 1. The first-order valence-corrected chi connectivity index (χ1v) is 6.83. The average molecular weight is 263 g/mol. The van der Waals surface area contributed by atoms with Crippen molar-refractivity contribution in [1.29, 1.82) is 0 Å². The molecule has 1 aromatic rings. The number of esters is 1. The van der Waals surface area contributed by atoms with Crippen molar-refractivity contribution < 1.29 is 14.6 Å². The van der Waals surface area contributed by atoms with Gasteiger partial charge in [0.25, 0.3) is 0 Å². The van der Waals surface area contributed by atoms with Crippen LogP contribution >= 0.6 is 0 Å². The summed E-state index contributed by atoms with van der Waals surface area (Å²) in [6.07, 6.45) is 1.11. The van der Waals surface area contributed by atoms with Crippen LogP contribution in [0.5, 0.6) is 0 Å². The van der Waals surface area contributed by atoms with Crippen LogP contribution in [-0.2, 0) is 9.53 Å². The van der Waals surface area contributed by atoms with E-state index in [1.54, 1.807) is 6.92 Å². The van der Waals surface area contributed by atoms with E-state index in [4.69, 9.17) is 4.74 Å². The van der Waals surface area contributed by atoms with Crippen LogP contribution in [0.2, 0.25) is 0 Å². The Morgan fingerprint density at radius 3 is 2.74 bits per heavy atom. The summed E-state index contributed by atoms with van der Waals surface area (Å²) in [5.74, 6) is -0.575. The lowest BCUT2D eigenvalue weighted by Gasteiger charge is -2.23. The number of aliphatic hydroxyl groups excluding tert-OH is 1. The molecule has 1 aromatic carbocycles. The van der Waals surface area contributed by atoms with Crippen LogP contribution in [0.25, 0.3) is 0 Å². The van der Waals surface area contributed by atoms with Gasteiger partial charge in [-0.1, -0.05) is 17.7 Å². The molecule has 0 amide bonds. The van der Waals surface area contributed by atoms with Gasteiger partial charge in [0.2, 0.25) is 0 Å². The molecule has 1 unspecified atom stereocenters. The van der Waals surface area contributed by atoms with E-state index in [9.17, 15) is 9.90 Å². The van der Waals surface area contributed by atoms with Gasteiger partial charge >= 0.3 is 5.97 Å². The minimum atomic E-state index is -1.20. The first-order valence-electron chi connectivity index (χ1n) is 6.83. The Morgan fingerprint density at radius 1 is 1.42 bits per heavy atom. The topological polar surface area (TPSA) is 49.8 Å². The first-order chi connectivity index (χ1) is 9.13. The highest BCUT2D eigenvalue weighted by Crippen LogP contribution is 2.30.